The van der Waals surface area contributed by atoms with Gasteiger partial charge in [0.2, 0.25) is 15.9 Å². The maximum atomic E-state index is 13.4. The summed E-state index contributed by atoms with van der Waals surface area (Å²) < 4.78 is 68.1. The molecule has 0 saturated heterocycles. The molecule has 0 spiro atoms. The summed E-state index contributed by atoms with van der Waals surface area (Å²) in [5.41, 5.74) is -1.06. The van der Waals surface area contributed by atoms with Gasteiger partial charge < -0.3 is 5.32 Å². The van der Waals surface area contributed by atoms with E-state index in [0.717, 1.165) is 14.8 Å². The molecule has 3 aromatic carbocycles. The fourth-order valence-corrected chi connectivity index (χ4v) is 4.81. The molecule has 1 N–H and O–H groups in total. The van der Waals surface area contributed by atoms with E-state index in [9.17, 15) is 26.4 Å². The zero-order valence-electron chi connectivity index (χ0n) is 16.8. The van der Waals surface area contributed by atoms with Crippen LogP contribution in [0.4, 0.5) is 18.9 Å². The van der Waals surface area contributed by atoms with Crippen molar-refractivity contribution >= 4 is 49.1 Å². The van der Waals surface area contributed by atoms with Crippen molar-refractivity contribution in [3.63, 3.8) is 0 Å². The monoisotopic (exact) mass is 560 g/mol. The molecule has 0 aliphatic carbocycles. The van der Waals surface area contributed by atoms with Crippen LogP contribution in [0, 0.1) is 0 Å². The third-order valence-corrected chi connectivity index (χ3v) is 7.10. The molecule has 5 nitrogen and oxygen atoms in total. The quantitative estimate of drug-likeness (QED) is 0.388. The first-order valence-electron chi connectivity index (χ1n) is 9.43. The lowest BCUT2D eigenvalue weighted by molar-refractivity contribution is -0.137. The molecule has 33 heavy (non-hydrogen) atoms. The molecular weight excluding hydrogens is 545 g/mol. The SMILES string of the molecule is O=C(CN(Cc1ccc(Br)cc1)S(=O)(=O)c1ccccc1)Nc1ccc(Cl)cc1C(F)(F)F. The average molecular weight is 562 g/mol. The summed E-state index contributed by atoms with van der Waals surface area (Å²) in [5.74, 6) is -0.931. The molecule has 0 bridgehead atoms. The van der Waals surface area contributed by atoms with Crippen LogP contribution in [0.2, 0.25) is 5.02 Å². The minimum Gasteiger partial charge on any atom is -0.324 e. The van der Waals surface area contributed by atoms with Crippen LogP contribution in [-0.4, -0.2) is 25.2 Å². The number of alkyl halides is 3. The second kappa shape index (κ2) is 10.3. The third-order valence-electron chi connectivity index (χ3n) is 4.53. The minimum absolute atomic E-state index is 0.0441. The summed E-state index contributed by atoms with van der Waals surface area (Å²) in [7, 11) is -4.12. The second-order valence-electron chi connectivity index (χ2n) is 6.95. The van der Waals surface area contributed by atoms with Gasteiger partial charge in [0.15, 0.2) is 0 Å². The van der Waals surface area contributed by atoms with Crippen LogP contribution in [-0.2, 0) is 27.5 Å². The van der Waals surface area contributed by atoms with Crippen molar-refractivity contribution in [3.05, 3.63) is 93.4 Å². The number of benzene rings is 3. The molecular formula is C22H17BrClF3N2O3S. The number of hydrogen-bond donors (Lipinski definition) is 1. The predicted octanol–water partition coefficient (Wildman–Crippen LogP) is 5.95. The number of nitrogens with one attached hydrogen (secondary N) is 1. The van der Waals surface area contributed by atoms with Crippen molar-refractivity contribution in [1.29, 1.82) is 0 Å². The fourth-order valence-electron chi connectivity index (χ4n) is 2.97. The maximum Gasteiger partial charge on any atom is 0.418 e. The number of halogens is 5. The number of hydrogen-bond acceptors (Lipinski definition) is 3. The topological polar surface area (TPSA) is 66.5 Å². The van der Waals surface area contributed by atoms with Crippen molar-refractivity contribution in [1.82, 2.24) is 4.31 Å². The van der Waals surface area contributed by atoms with E-state index in [-0.39, 0.29) is 16.5 Å². The lowest BCUT2D eigenvalue weighted by atomic mass is 10.1. The van der Waals surface area contributed by atoms with E-state index in [4.69, 9.17) is 11.6 Å². The van der Waals surface area contributed by atoms with Crippen LogP contribution in [0.25, 0.3) is 0 Å². The van der Waals surface area contributed by atoms with Gasteiger partial charge in [0, 0.05) is 16.0 Å². The Morgan fingerprint density at radius 3 is 2.24 bits per heavy atom. The van der Waals surface area contributed by atoms with E-state index in [1.165, 1.54) is 30.3 Å². The molecule has 0 aromatic heterocycles. The number of sulfonamides is 1. The molecule has 0 heterocycles. The van der Waals surface area contributed by atoms with Gasteiger partial charge in [0.05, 0.1) is 22.7 Å². The highest BCUT2D eigenvalue weighted by Gasteiger charge is 2.35. The first-order valence-corrected chi connectivity index (χ1v) is 12.0. The van der Waals surface area contributed by atoms with Gasteiger partial charge in [0.1, 0.15) is 0 Å². The summed E-state index contributed by atoms with van der Waals surface area (Å²) in [4.78, 5) is 12.6. The molecule has 0 aliphatic heterocycles. The van der Waals surface area contributed by atoms with Gasteiger partial charge in [-0.1, -0.05) is 57.9 Å². The molecule has 0 atom stereocenters. The van der Waals surface area contributed by atoms with Gasteiger partial charge in [-0.2, -0.15) is 17.5 Å². The fraction of sp³-hybridized carbons (Fsp3) is 0.136. The molecule has 0 unspecified atom stereocenters. The van der Waals surface area contributed by atoms with Crippen LogP contribution in [0.1, 0.15) is 11.1 Å². The summed E-state index contributed by atoms with van der Waals surface area (Å²) in [6.07, 6.45) is -4.76. The van der Waals surface area contributed by atoms with Gasteiger partial charge in [-0.15, -0.1) is 0 Å². The number of rotatable bonds is 7. The molecule has 3 rings (SSSR count). The Morgan fingerprint density at radius 1 is 1.00 bits per heavy atom. The molecule has 0 radical (unpaired) electrons. The number of amides is 1. The molecule has 174 valence electrons. The highest BCUT2D eigenvalue weighted by atomic mass is 79.9. The molecule has 0 aliphatic rings. The van der Waals surface area contributed by atoms with Gasteiger partial charge >= 0.3 is 6.18 Å². The van der Waals surface area contributed by atoms with Crippen molar-refractivity contribution in [2.24, 2.45) is 0 Å². The highest BCUT2D eigenvalue weighted by Crippen LogP contribution is 2.36. The number of carbonyl (C=O) groups excluding carboxylic acids is 1. The van der Waals surface area contributed by atoms with Gasteiger partial charge in [-0.25, -0.2) is 8.42 Å². The van der Waals surface area contributed by atoms with Crippen LogP contribution in [0.15, 0.2) is 82.2 Å². The third kappa shape index (κ3) is 6.57. The number of anilines is 1. The van der Waals surface area contributed by atoms with Gasteiger partial charge in [-0.3, -0.25) is 4.79 Å². The second-order valence-corrected chi connectivity index (χ2v) is 10.2. The summed E-state index contributed by atoms with van der Waals surface area (Å²) >= 11 is 8.96. The Bertz CT molecular complexity index is 1240. The summed E-state index contributed by atoms with van der Waals surface area (Å²) in [6, 6.07) is 17.2. The molecule has 3 aromatic rings. The first-order chi connectivity index (χ1) is 15.5. The van der Waals surface area contributed by atoms with Crippen LogP contribution >= 0.6 is 27.5 Å². The van der Waals surface area contributed by atoms with Crippen molar-refractivity contribution < 1.29 is 26.4 Å². The zero-order chi connectivity index (χ0) is 24.2. The van der Waals surface area contributed by atoms with E-state index in [2.05, 4.69) is 21.2 Å². The summed E-state index contributed by atoms with van der Waals surface area (Å²) in [5, 5.41) is 2.01. The largest absolute Gasteiger partial charge is 0.418 e. The molecule has 1 amide bonds. The lowest BCUT2D eigenvalue weighted by Crippen LogP contribution is -2.37. The Hall–Kier alpha value is -2.40. The van der Waals surface area contributed by atoms with E-state index >= 15 is 0 Å². The lowest BCUT2D eigenvalue weighted by Gasteiger charge is -2.22. The standard InChI is InChI=1S/C22H17BrClF3N2O3S/c23-16-8-6-15(7-9-16)13-29(33(31,32)18-4-2-1-3-5-18)14-21(30)28-20-11-10-17(24)12-19(20)22(25,26)27/h1-12H,13-14H2,(H,28,30). The Balaban J connectivity index is 1.90. The number of carbonyl (C=O) groups is 1. The van der Waals surface area contributed by atoms with Gasteiger partial charge in [-0.05, 0) is 48.0 Å². The Morgan fingerprint density at radius 2 is 1.64 bits per heavy atom. The van der Waals surface area contributed by atoms with E-state index in [1.54, 1.807) is 30.3 Å². The zero-order valence-corrected chi connectivity index (χ0v) is 20.0. The maximum absolute atomic E-state index is 13.4. The predicted molar refractivity (Wildman–Crippen MR) is 123 cm³/mol. The van der Waals surface area contributed by atoms with Crippen LogP contribution in [0.3, 0.4) is 0 Å². The van der Waals surface area contributed by atoms with Crippen molar-refractivity contribution in [2.45, 2.75) is 17.6 Å². The van der Waals surface area contributed by atoms with E-state index < -0.39 is 39.9 Å². The van der Waals surface area contributed by atoms with E-state index in [0.29, 0.717) is 11.6 Å². The van der Waals surface area contributed by atoms with Crippen LogP contribution < -0.4 is 5.32 Å². The van der Waals surface area contributed by atoms with Crippen molar-refractivity contribution in [2.75, 3.05) is 11.9 Å². The smallest absolute Gasteiger partial charge is 0.324 e. The molecule has 0 saturated carbocycles. The first kappa shape index (κ1) is 25.2. The highest BCUT2D eigenvalue weighted by molar-refractivity contribution is 9.10. The minimum atomic E-state index is -4.76. The summed E-state index contributed by atoms with van der Waals surface area (Å²) in [6.45, 7) is -0.863. The number of nitrogens with zero attached hydrogens (tertiary/aromatic N) is 1. The van der Waals surface area contributed by atoms with E-state index in [1.807, 2.05) is 0 Å². The van der Waals surface area contributed by atoms with Crippen LogP contribution in [0.5, 0.6) is 0 Å². The normalized spacial score (nSPS) is 12.1. The molecule has 0 fully saturated rings. The Labute approximate surface area is 202 Å². The Kier molecular flexibility index (Phi) is 7.84. The van der Waals surface area contributed by atoms with Gasteiger partial charge in [0.25, 0.3) is 0 Å². The molecule has 11 heteroatoms. The average Bonchev–Trinajstić information content (AvgIpc) is 2.76. The van der Waals surface area contributed by atoms with Crippen molar-refractivity contribution in [3.8, 4) is 0 Å².